The van der Waals surface area contributed by atoms with Gasteiger partial charge < -0.3 is 11.1 Å². The third kappa shape index (κ3) is 2.83. The van der Waals surface area contributed by atoms with E-state index in [1.165, 1.54) is 19.1 Å². The molecule has 0 saturated heterocycles. The summed E-state index contributed by atoms with van der Waals surface area (Å²) in [5.74, 6) is -1.28. The van der Waals surface area contributed by atoms with Crippen LogP contribution in [-0.4, -0.2) is 11.7 Å². The normalized spacial score (nSPS) is 10.1. The van der Waals surface area contributed by atoms with E-state index in [1.807, 2.05) is 0 Å². The van der Waals surface area contributed by atoms with Crippen molar-refractivity contribution in [3.8, 4) is 0 Å². The Labute approximate surface area is 115 Å². The van der Waals surface area contributed by atoms with Gasteiger partial charge in [0, 0.05) is 11.3 Å². The maximum Gasteiger partial charge on any atom is 0.257 e. The molecule has 0 atom stereocenters. The Hall–Kier alpha value is -2.69. The number of carbonyl (C=O) groups excluding carboxylic acids is 2. The summed E-state index contributed by atoms with van der Waals surface area (Å²) in [5.41, 5.74) is 6.60. The van der Waals surface area contributed by atoms with E-state index in [9.17, 15) is 14.0 Å². The van der Waals surface area contributed by atoms with Crippen LogP contribution in [0.2, 0.25) is 0 Å². The summed E-state index contributed by atoms with van der Waals surface area (Å²) in [6.45, 7) is 1.40. The number of ketones is 1. The predicted octanol–water partition coefficient (Wildman–Crippen LogP) is 2.86. The topological polar surface area (TPSA) is 72.2 Å². The number of hydrogen-bond donors (Lipinski definition) is 2. The lowest BCUT2D eigenvalue weighted by molar-refractivity contribution is 0.101. The minimum Gasteiger partial charge on any atom is -0.398 e. The van der Waals surface area contributed by atoms with Crippen molar-refractivity contribution in [3.05, 3.63) is 59.4 Å². The van der Waals surface area contributed by atoms with Crippen LogP contribution in [0.5, 0.6) is 0 Å². The number of amides is 1. The van der Waals surface area contributed by atoms with E-state index in [-0.39, 0.29) is 17.0 Å². The number of halogens is 1. The van der Waals surface area contributed by atoms with Gasteiger partial charge >= 0.3 is 0 Å². The number of anilines is 2. The smallest absolute Gasteiger partial charge is 0.257 e. The summed E-state index contributed by atoms with van der Waals surface area (Å²) in [4.78, 5) is 23.6. The van der Waals surface area contributed by atoms with Crippen LogP contribution in [0.25, 0.3) is 0 Å². The molecule has 0 heterocycles. The lowest BCUT2D eigenvalue weighted by Gasteiger charge is -2.10. The number of para-hydroxylation sites is 1. The van der Waals surface area contributed by atoms with E-state index < -0.39 is 11.7 Å². The lowest BCUT2D eigenvalue weighted by atomic mass is 10.1. The zero-order valence-electron chi connectivity index (χ0n) is 10.8. The van der Waals surface area contributed by atoms with Crippen LogP contribution >= 0.6 is 0 Å². The van der Waals surface area contributed by atoms with Gasteiger partial charge in [0.05, 0.1) is 11.3 Å². The molecule has 4 nitrogen and oxygen atoms in total. The monoisotopic (exact) mass is 272 g/mol. The molecule has 20 heavy (non-hydrogen) atoms. The highest BCUT2D eigenvalue weighted by Crippen LogP contribution is 2.19. The Kier molecular flexibility index (Phi) is 3.79. The molecule has 3 N–H and O–H groups in total. The van der Waals surface area contributed by atoms with Crippen molar-refractivity contribution >= 4 is 23.1 Å². The van der Waals surface area contributed by atoms with Gasteiger partial charge in [0.25, 0.3) is 5.91 Å². The molecule has 0 aromatic heterocycles. The third-order valence-electron chi connectivity index (χ3n) is 2.81. The molecular formula is C15H13FN2O2. The van der Waals surface area contributed by atoms with Crippen LogP contribution < -0.4 is 11.1 Å². The third-order valence-corrected chi connectivity index (χ3v) is 2.81. The number of nitrogen functional groups attached to an aromatic ring is 1. The minimum atomic E-state index is -0.560. The van der Waals surface area contributed by atoms with E-state index in [2.05, 4.69) is 5.32 Å². The highest BCUT2D eigenvalue weighted by molar-refractivity contribution is 6.11. The molecule has 0 aliphatic rings. The van der Waals surface area contributed by atoms with Gasteiger partial charge in [-0.3, -0.25) is 9.59 Å². The molecule has 0 aliphatic carbocycles. The van der Waals surface area contributed by atoms with E-state index >= 15 is 0 Å². The second kappa shape index (κ2) is 5.52. The second-order valence-electron chi connectivity index (χ2n) is 4.29. The Balaban J connectivity index is 2.33. The molecule has 2 aromatic carbocycles. The highest BCUT2D eigenvalue weighted by Gasteiger charge is 2.14. The number of Topliss-reactive ketones (excluding diaryl/α,β-unsaturated/α-hetero) is 1. The quantitative estimate of drug-likeness (QED) is 0.666. The second-order valence-corrected chi connectivity index (χ2v) is 4.29. The Bertz CT molecular complexity index is 683. The largest absolute Gasteiger partial charge is 0.398 e. The zero-order chi connectivity index (χ0) is 14.7. The average Bonchev–Trinajstić information content (AvgIpc) is 2.41. The van der Waals surface area contributed by atoms with Gasteiger partial charge in [0.1, 0.15) is 5.82 Å². The van der Waals surface area contributed by atoms with Gasteiger partial charge in [-0.05, 0) is 37.3 Å². The van der Waals surface area contributed by atoms with Gasteiger partial charge in [0.15, 0.2) is 5.78 Å². The van der Waals surface area contributed by atoms with Crippen LogP contribution in [0.1, 0.15) is 27.6 Å². The maximum atomic E-state index is 13.2. The summed E-state index contributed by atoms with van der Waals surface area (Å²) < 4.78 is 13.2. The first-order valence-electron chi connectivity index (χ1n) is 5.95. The number of rotatable bonds is 3. The van der Waals surface area contributed by atoms with Crippen molar-refractivity contribution in [2.45, 2.75) is 6.92 Å². The van der Waals surface area contributed by atoms with Crippen molar-refractivity contribution < 1.29 is 14.0 Å². The molecule has 0 spiro atoms. The first kappa shape index (κ1) is 13.7. The standard InChI is InChI=1S/C15H13FN2O2/c1-9(19)11-4-2-3-5-14(11)18-15(20)12-8-10(16)6-7-13(12)17/h2-8H,17H2,1H3,(H,18,20). The Morgan fingerprint density at radius 3 is 2.50 bits per heavy atom. The number of carbonyl (C=O) groups is 2. The first-order chi connectivity index (χ1) is 9.49. The predicted molar refractivity (Wildman–Crippen MR) is 75.2 cm³/mol. The summed E-state index contributed by atoms with van der Waals surface area (Å²) >= 11 is 0. The maximum absolute atomic E-state index is 13.2. The number of nitrogens with one attached hydrogen (secondary N) is 1. The van der Waals surface area contributed by atoms with E-state index in [4.69, 9.17) is 5.73 Å². The van der Waals surface area contributed by atoms with Crippen LogP contribution in [0, 0.1) is 5.82 Å². The van der Waals surface area contributed by atoms with Crippen molar-refractivity contribution in [1.29, 1.82) is 0 Å². The fraction of sp³-hybridized carbons (Fsp3) is 0.0667. The van der Waals surface area contributed by atoms with Crippen molar-refractivity contribution in [1.82, 2.24) is 0 Å². The molecular weight excluding hydrogens is 259 g/mol. The molecule has 0 unspecified atom stereocenters. The van der Waals surface area contributed by atoms with Gasteiger partial charge in [-0.2, -0.15) is 0 Å². The number of benzene rings is 2. The molecule has 2 aromatic rings. The van der Waals surface area contributed by atoms with Crippen LogP contribution in [-0.2, 0) is 0 Å². The highest BCUT2D eigenvalue weighted by atomic mass is 19.1. The van der Waals surface area contributed by atoms with Crippen LogP contribution in [0.3, 0.4) is 0 Å². The fourth-order valence-corrected chi connectivity index (χ4v) is 1.81. The van der Waals surface area contributed by atoms with Gasteiger partial charge in [-0.25, -0.2) is 4.39 Å². The Morgan fingerprint density at radius 2 is 1.80 bits per heavy atom. The van der Waals surface area contributed by atoms with Gasteiger partial charge in [-0.15, -0.1) is 0 Å². The van der Waals surface area contributed by atoms with E-state index in [0.29, 0.717) is 11.3 Å². The number of nitrogens with two attached hydrogens (primary N) is 1. The van der Waals surface area contributed by atoms with E-state index in [1.54, 1.807) is 24.3 Å². The van der Waals surface area contributed by atoms with Crippen molar-refractivity contribution in [2.75, 3.05) is 11.1 Å². The first-order valence-corrected chi connectivity index (χ1v) is 5.95. The average molecular weight is 272 g/mol. The summed E-state index contributed by atoms with van der Waals surface area (Å²) in [6, 6.07) is 10.1. The molecule has 102 valence electrons. The van der Waals surface area contributed by atoms with E-state index in [0.717, 1.165) is 6.07 Å². The molecule has 0 radical (unpaired) electrons. The molecule has 2 rings (SSSR count). The molecule has 0 aliphatic heterocycles. The van der Waals surface area contributed by atoms with Gasteiger partial charge in [0.2, 0.25) is 0 Å². The summed E-state index contributed by atoms with van der Waals surface area (Å²) in [5, 5.41) is 2.57. The molecule has 5 heteroatoms. The molecule has 0 fully saturated rings. The molecule has 0 bridgehead atoms. The van der Waals surface area contributed by atoms with Crippen LogP contribution in [0.4, 0.5) is 15.8 Å². The van der Waals surface area contributed by atoms with Crippen LogP contribution in [0.15, 0.2) is 42.5 Å². The zero-order valence-corrected chi connectivity index (χ0v) is 10.8. The number of hydrogen-bond acceptors (Lipinski definition) is 3. The SMILES string of the molecule is CC(=O)c1ccccc1NC(=O)c1cc(F)ccc1N. The van der Waals surface area contributed by atoms with Crippen molar-refractivity contribution in [2.24, 2.45) is 0 Å². The minimum absolute atomic E-state index is 0.0309. The Morgan fingerprint density at radius 1 is 1.10 bits per heavy atom. The molecule has 0 saturated carbocycles. The fourth-order valence-electron chi connectivity index (χ4n) is 1.81. The summed E-state index contributed by atoms with van der Waals surface area (Å²) in [6.07, 6.45) is 0. The lowest BCUT2D eigenvalue weighted by Crippen LogP contribution is -2.16. The summed E-state index contributed by atoms with van der Waals surface area (Å²) in [7, 11) is 0. The van der Waals surface area contributed by atoms with Gasteiger partial charge in [-0.1, -0.05) is 12.1 Å². The molecule has 1 amide bonds. The van der Waals surface area contributed by atoms with Crippen molar-refractivity contribution in [3.63, 3.8) is 0 Å².